The first-order valence-corrected chi connectivity index (χ1v) is 9.79. The lowest BCUT2D eigenvalue weighted by molar-refractivity contribution is -0.128. The van der Waals surface area contributed by atoms with Crippen molar-refractivity contribution >= 4 is 11.9 Å². The van der Waals surface area contributed by atoms with Crippen LogP contribution >= 0.6 is 0 Å². The van der Waals surface area contributed by atoms with Crippen molar-refractivity contribution in [2.24, 2.45) is 5.92 Å². The van der Waals surface area contributed by atoms with Gasteiger partial charge in [-0.3, -0.25) is 4.79 Å². The van der Waals surface area contributed by atoms with Crippen LogP contribution in [0.1, 0.15) is 37.7 Å². The van der Waals surface area contributed by atoms with Crippen molar-refractivity contribution < 1.29 is 18.7 Å². The highest BCUT2D eigenvalue weighted by molar-refractivity contribution is 5.81. The molecule has 3 rings (SSSR count). The number of carbonyl (C=O) groups excluding carboxylic acids is 2. The van der Waals surface area contributed by atoms with Crippen molar-refractivity contribution in [1.82, 2.24) is 15.5 Å². The van der Waals surface area contributed by atoms with Crippen LogP contribution in [0.15, 0.2) is 24.3 Å². The molecule has 2 N–H and O–H groups in total. The number of halogens is 1. The minimum absolute atomic E-state index is 0.0153. The van der Waals surface area contributed by atoms with Gasteiger partial charge in [0, 0.05) is 32.3 Å². The molecule has 3 amide bonds. The number of carbonyl (C=O) groups is 2. The van der Waals surface area contributed by atoms with Crippen molar-refractivity contribution in [3.8, 4) is 0 Å². The molecule has 1 aromatic rings. The molecule has 1 saturated heterocycles. The van der Waals surface area contributed by atoms with E-state index in [1.807, 2.05) is 4.90 Å². The van der Waals surface area contributed by atoms with E-state index in [-0.39, 0.29) is 29.7 Å². The van der Waals surface area contributed by atoms with Crippen LogP contribution in [0.5, 0.6) is 0 Å². The van der Waals surface area contributed by atoms with E-state index in [4.69, 9.17) is 4.74 Å². The number of nitrogens with one attached hydrogen (secondary N) is 2. The Morgan fingerprint density at radius 1 is 1.19 bits per heavy atom. The van der Waals surface area contributed by atoms with Gasteiger partial charge in [-0.15, -0.1) is 0 Å². The number of nitrogens with zero attached hydrogens (tertiary/aromatic N) is 1. The Morgan fingerprint density at radius 2 is 1.96 bits per heavy atom. The van der Waals surface area contributed by atoms with Gasteiger partial charge >= 0.3 is 6.03 Å². The largest absolute Gasteiger partial charge is 0.380 e. The lowest BCUT2D eigenvalue weighted by Crippen LogP contribution is -2.53. The van der Waals surface area contributed by atoms with E-state index in [1.165, 1.54) is 12.1 Å². The Morgan fingerprint density at radius 3 is 2.78 bits per heavy atom. The molecule has 148 valence electrons. The smallest absolute Gasteiger partial charge is 0.317 e. The van der Waals surface area contributed by atoms with E-state index in [1.54, 1.807) is 12.1 Å². The molecular formula is C20H28FN3O3. The van der Waals surface area contributed by atoms with E-state index in [9.17, 15) is 14.0 Å². The molecule has 1 aromatic carbocycles. The summed E-state index contributed by atoms with van der Waals surface area (Å²) >= 11 is 0. The highest BCUT2D eigenvalue weighted by Crippen LogP contribution is 2.29. The van der Waals surface area contributed by atoms with Gasteiger partial charge in [-0.05, 0) is 37.0 Å². The van der Waals surface area contributed by atoms with E-state index in [0.717, 1.165) is 37.7 Å². The zero-order chi connectivity index (χ0) is 19.1. The van der Waals surface area contributed by atoms with Crippen molar-refractivity contribution in [1.29, 1.82) is 0 Å². The fourth-order valence-corrected chi connectivity index (χ4v) is 3.91. The molecule has 2 fully saturated rings. The van der Waals surface area contributed by atoms with Crippen molar-refractivity contribution in [3.05, 3.63) is 35.6 Å². The number of fused-ring (bicyclic) bond motifs is 1. The maximum absolute atomic E-state index is 13.0. The maximum Gasteiger partial charge on any atom is 0.317 e. The molecule has 1 saturated carbocycles. The van der Waals surface area contributed by atoms with Gasteiger partial charge in [0.1, 0.15) is 5.82 Å². The van der Waals surface area contributed by atoms with Crippen LogP contribution in [-0.2, 0) is 16.1 Å². The van der Waals surface area contributed by atoms with Crippen LogP contribution in [0.2, 0.25) is 0 Å². The first kappa shape index (κ1) is 19.6. The van der Waals surface area contributed by atoms with Gasteiger partial charge in [0.2, 0.25) is 5.91 Å². The second kappa shape index (κ2) is 9.69. The third-order valence-electron chi connectivity index (χ3n) is 5.32. The minimum Gasteiger partial charge on any atom is -0.380 e. The first-order valence-electron chi connectivity index (χ1n) is 9.79. The molecule has 1 aliphatic carbocycles. The van der Waals surface area contributed by atoms with Gasteiger partial charge in [-0.25, -0.2) is 9.18 Å². The minimum atomic E-state index is -0.298. The van der Waals surface area contributed by atoms with Gasteiger partial charge < -0.3 is 20.3 Å². The van der Waals surface area contributed by atoms with Crippen LogP contribution in [-0.4, -0.2) is 49.2 Å². The Balaban J connectivity index is 1.70. The van der Waals surface area contributed by atoms with E-state index in [2.05, 4.69) is 10.6 Å². The summed E-state index contributed by atoms with van der Waals surface area (Å²) in [5.74, 6) is -0.455. The normalized spacial score (nSPS) is 24.3. The molecule has 6 nitrogen and oxygen atoms in total. The Labute approximate surface area is 159 Å². The van der Waals surface area contributed by atoms with Gasteiger partial charge in [-0.1, -0.05) is 25.0 Å². The summed E-state index contributed by atoms with van der Waals surface area (Å²) in [6, 6.07) is 5.81. The quantitative estimate of drug-likeness (QED) is 0.832. The van der Waals surface area contributed by atoms with Crippen LogP contribution in [0.25, 0.3) is 0 Å². The van der Waals surface area contributed by atoms with Gasteiger partial charge in [0.05, 0.1) is 12.5 Å². The number of urea groups is 1. The second-order valence-electron chi connectivity index (χ2n) is 7.19. The summed E-state index contributed by atoms with van der Waals surface area (Å²) in [5, 5.41) is 5.87. The lowest BCUT2D eigenvalue weighted by atomic mass is 9.82. The van der Waals surface area contributed by atoms with Gasteiger partial charge in [0.25, 0.3) is 0 Å². The highest BCUT2D eigenvalue weighted by Gasteiger charge is 2.37. The van der Waals surface area contributed by atoms with Crippen LogP contribution in [0.4, 0.5) is 9.18 Å². The molecule has 0 radical (unpaired) electrons. The third-order valence-corrected chi connectivity index (χ3v) is 5.32. The standard InChI is InChI=1S/C20H28FN3O3/c21-16-8-6-15(7-9-16)14-23-20(26)24-11-3-12-27-13-10-22-19(25)17-4-1-2-5-18(17)24/h6-9,17-18H,1-5,10-14H2,(H,22,25)(H,23,26)/t17-,18+/m1/s1. The summed E-state index contributed by atoms with van der Waals surface area (Å²) in [7, 11) is 0. The van der Waals surface area contributed by atoms with Gasteiger partial charge in [-0.2, -0.15) is 0 Å². The number of benzene rings is 1. The Bertz CT molecular complexity index is 638. The van der Waals surface area contributed by atoms with Crippen LogP contribution < -0.4 is 10.6 Å². The molecule has 27 heavy (non-hydrogen) atoms. The molecule has 0 aromatic heterocycles. The predicted octanol–water partition coefficient (Wildman–Crippen LogP) is 2.43. The number of ether oxygens (including phenoxy) is 1. The fraction of sp³-hybridized carbons (Fsp3) is 0.600. The maximum atomic E-state index is 13.0. The number of amides is 3. The molecule has 2 atom stereocenters. The van der Waals surface area contributed by atoms with Crippen LogP contribution in [0.3, 0.4) is 0 Å². The summed E-state index contributed by atoms with van der Waals surface area (Å²) in [4.78, 5) is 27.3. The van der Waals surface area contributed by atoms with Crippen molar-refractivity contribution in [2.75, 3.05) is 26.3 Å². The summed E-state index contributed by atoms with van der Waals surface area (Å²) < 4.78 is 18.6. The zero-order valence-corrected chi connectivity index (χ0v) is 15.6. The zero-order valence-electron chi connectivity index (χ0n) is 15.6. The van der Waals surface area contributed by atoms with E-state index < -0.39 is 0 Å². The highest BCUT2D eigenvalue weighted by atomic mass is 19.1. The average Bonchev–Trinajstić information content (AvgIpc) is 2.72. The molecule has 0 bridgehead atoms. The topological polar surface area (TPSA) is 70.7 Å². The number of hydrogen-bond acceptors (Lipinski definition) is 3. The first-order chi connectivity index (χ1) is 13.1. The van der Waals surface area contributed by atoms with Crippen molar-refractivity contribution in [3.63, 3.8) is 0 Å². The predicted molar refractivity (Wildman–Crippen MR) is 99.5 cm³/mol. The molecule has 1 heterocycles. The number of rotatable bonds is 2. The molecule has 2 aliphatic rings. The second-order valence-corrected chi connectivity index (χ2v) is 7.19. The van der Waals surface area contributed by atoms with Gasteiger partial charge in [0.15, 0.2) is 0 Å². The molecule has 1 aliphatic heterocycles. The fourth-order valence-electron chi connectivity index (χ4n) is 3.91. The average molecular weight is 377 g/mol. The number of hydrogen-bond donors (Lipinski definition) is 2. The van der Waals surface area contributed by atoms with Crippen LogP contribution in [0, 0.1) is 11.7 Å². The summed E-state index contributed by atoms with van der Waals surface area (Å²) in [5.41, 5.74) is 0.837. The Hall–Kier alpha value is -2.15. The van der Waals surface area contributed by atoms with E-state index in [0.29, 0.717) is 32.8 Å². The van der Waals surface area contributed by atoms with E-state index >= 15 is 0 Å². The molecular weight excluding hydrogens is 349 g/mol. The molecule has 7 heteroatoms. The monoisotopic (exact) mass is 377 g/mol. The Kier molecular flexibility index (Phi) is 7.04. The summed E-state index contributed by atoms with van der Waals surface area (Å²) in [6.45, 7) is 2.47. The third kappa shape index (κ3) is 5.42. The lowest BCUT2D eigenvalue weighted by Gasteiger charge is -2.39. The molecule has 0 unspecified atom stereocenters. The van der Waals surface area contributed by atoms with Crippen molar-refractivity contribution in [2.45, 2.75) is 44.7 Å². The summed E-state index contributed by atoms with van der Waals surface area (Å²) in [6.07, 6.45) is 4.41. The SMILES string of the molecule is O=C1NCCOCCCN(C(=O)NCc2ccc(F)cc2)[C@H]2CCCC[C@@H]12. The molecule has 0 spiro atoms.